The Bertz CT molecular complexity index is 273. The summed E-state index contributed by atoms with van der Waals surface area (Å²) < 4.78 is 39.6. The van der Waals surface area contributed by atoms with Gasteiger partial charge in [-0.25, -0.2) is 0 Å². The van der Waals surface area contributed by atoms with Crippen molar-refractivity contribution in [2.45, 2.75) is 19.6 Å². The van der Waals surface area contributed by atoms with Gasteiger partial charge in [-0.05, 0) is 0 Å². The molecule has 4 nitrogen and oxygen atoms in total. The molecule has 0 heterocycles. The topological polar surface area (TPSA) is 71.4 Å². The van der Waals surface area contributed by atoms with Crippen molar-refractivity contribution in [2.75, 3.05) is 0 Å². The van der Waals surface area contributed by atoms with E-state index in [-0.39, 0.29) is 0 Å². The van der Waals surface area contributed by atoms with Crippen LogP contribution < -0.4 is 0 Å². The summed E-state index contributed by atoms with van der Waals surface area (Å²) in [5.74, 6) is 0. The predicted molar refractivity (Wildman–Crippen MR) is 27.6 cm³/mol. The van der Waals surface area contributed by atoms with Crippen LogP contribution in [0.1, 0.15) is 0 Å². The predicted octanol–water partition coefficient (Wildman–Crippen LogP) is 0.455. The van der Waals surface area contributed by atoms with E-state index in [4.69, 9.17) is 3.83 Å². The zero-order chi connectivity index (χ0) is 7.95. The van der Waals surface area contributed by atoms with Crippen molar-refractivity contribution >= 4 is 6.15 Å². The third kappa shape index (κ3) is 2.14. The minimum atomic E-state index is -6.67. The van der Waals surface area contributed by atoms with Gasteiger partial charge in [0.05, 0.1) is 0 Å². The van der Waals surface area contributed by atoms with Crippen molar-refractivity contribution in [1.82, 2.24) is 0 Å². The van der Waals surface area contributed by atoms with E-state index in [1.54, 1.807) is 0 Å². The fourth-order valence-electron chi connectivity index (χ4n) is 0. The first-order valence-corrected chi connectivity index (χ1v) is 14.3. The molecule has 0 aromatic carbocycles. The zero-order valence-corrected chi connectivity index (χ0v) is 9.27. The average molecular weight is 324 g/mol. The fourth-order valence-corrected chi connectivity index (χ4v) is 0. The number of hydrogen-bond acceptors (Lipinski definition) is 3. The Labute approximate surface area is 54.3 Å². The summed E-state index contributed by atoms with van der Waals surface area (Å²) in [4.78, 5) is 0. The molecule has 0 aliphatic heterocycles. The van der Waals surface area contributed by atoms with E-state index in [1.165, 1.54) is 19.6 Å². The van der Waals surface area contributed by atoms with E-state index in [1.807, 2.05) is 0 Å². The van der Waals surface area contributed by atoms with Gasteiger partial charge >= 0.3 is 53.9 Å². The summed E-state index contributed by atoms with van der Waals surface area (Å²) >= 11 is -6.67. The molecule has 0 fully saturated rings. The van der Waals surface area contributed by atoms with Crippen molar-refractivity contribution in [3.05, 3.63) is 0 Å². The Morgan fingerprint density at radius 2 is 1.22 bits per heavy atom. The molecule has 57 valence electrons. The Kier molecular flexibility index (Phi) is 1.68. The standard InChI is InChI=1S/C3H9Si.H2O.3O.Re/c1-4(2)3;;;;;/h1-3H3;1H2;;;;/q;;;;;+1/p-1. The van der Waals surface area contributed by atoms with Gasteiger partial charge in [-0.3, -0.25) is 0 Å². The molecule has 0 spiro atoms. The number of rotatable bonds is 1. The molecule has 0 atom stereocenters. The van der Waals surface area contributed by atoms with Gasteiger partial charge in [-0.15, -0.1) is 0 Å². The van der Waals surface area contributed by atoms with Gasteiger partial charge in [0.25, 0.3) is 0 Å². The second-order valence-electron chi connectivity index (χ2n) is 2.78. The van der Waals surface area contributed by atoms with Crippen molar-refractivity contribution in [3.8, 4) is 0 Å². The summed E-state index contributed by atoms with van der Waals surface area (Å²) in [5, 5.41) is 0. The molecule has 0 aliphatic rings. The molecule has 1 N–H and O–H groups in total. The van der Waals surface area contributed by atoms with Crippen molar-refractivity contribution in [3.63, 3.8) is 0 Å². The van der Waals surface area contributed by atoms with E-state index in [9.17, 15) is 10.4 Å². The molecule has 9 heavy (non-hydrogen) atoms. The van der Waals surface area contributed by atoms with Crippen LogP contribution in [0.2, 0.25) is 19.6 Å². The van der Waals surface area contributed by atoms with Gasteiger partial charge in [-0.1, -0.05) is 0 Å². The van der Waals surface area contributed by atoms with Crippen LogP contribution in [0.4, 0.5) is 0 Å². The second-order valence-corrected chi connectivity index (χ2v) is 29.4. The zero-order valence-electron chi connectivity index (χ0n) is 5.55. The van der Waals surface area contributed by atoms with Crippen LogP contribution in [0.15, 0.2) is 0 Å². The van der Waals surface area contributed by atoms with E-state index < -0.39 is 20.0 Å². The maximum absolute atomic E-state index is 10.4. The summed E-state index contributed by atoms with van der Waals surface area (Å²) in [6.45, 7) is 3.96. The monoisotopic (exact) mass is 325 g/mol. The maximum atomic E-state index is 10.4. The van der Waals surface area contributed by atoms with Crippen LogP contribution in [-0.4, -0.2) is 9.98 Å². The van der Waals surface area contributed by atoms with Crippen LogP contribution in [0.25, 0.3) is 0 Å². The molecule has 0 amide bonds. The Morgan fingerprint density at radius 3 is 1.22 bits per heavy atom. The Morgan fingerprint density at radius 1 is 1.11 bits per heavy atom. The summed E-state index contributed by atoms with van der Waals surface area (Å²) in [5.41, 5.74) is 0. The van der Waals surface area contributed by atoms with E-state index in [0.29, 0.717) is 0 Å². The van der Waals surface area contributed by atoms with Gasteiger partial charge in [-0.2, -0.15) is 0 Å². The van der Waals surface area contributed by atoms with Gasteiger partial charge in [0.1, 0.15) is 0 Å². The van der Waals surface area contributed by atoms with Gasteiger partial charge in [0.2, 0.25) is 0 Å². The molecule has 0 saturated heterocycles. The molecule has 0 radical (unpaired) electrons. The molecule has 0 aromatic heterocycles. The molecule has 0 saturated carbocycles. The molecule has 0 unspecified atom stereocenters. The van der Waals surface area contributed by atoms with E-state index in [0.717, 1.165) is 0 Å². The van der Waals surface area contributed by atoms with Crippen LogP contribution in [0.3, 0.4) is 0 Å². The molecule has 0 bridgehead atoms. The summed E-state index contributed by atoms with van der Waals surface area (Å²) in [6, 6.07) is 0. The first-order chi connectivity index (χ1) is 3.51. The second kappa shape index (κ2) is 1.64. The SMILES string of the molecule is C[Si](C)(C)[Re](=[O])(=[O])(=[O])[OH]. The normalized spacial score (nSPS) is 18.4. The Balaban J connectivity index is 5.37. The van der Waals surface area contributed by atoms with Crippen LogP contribution in [0, 0.1) is 0 Å². The third-order valence-corrected chi connectivity index (χ3v) is 23.3. The fraction of sp³-hybridized carbons (Fsp3) is 1.00. The summed E-state index contributed by atoms with van der Waals surface area (Å²) in [7, 11) is 0. The molecule has 6 heteroatoms. The van der Waals surface area contributed by atoms with Crippen LogP contribution >= 0.6 is 0 Å². The first kappa shape index (κ1) is 9.24. The molecular formula is C3H10O4ReSi. The van der Waals surface area contributed by atoms with Crippen molar-refractivity contribution in [2.24, 2.45) is 0 Å². The van der Waals surface area contributed by atoms with E-state index >= 15 is 0 Å². The van der Waals surface area contributed by atoms with Crippen LogP contribution in [-0.2, 0) is 24.3 Å². The first-order valence-electron chi connectivity index (χ1n) is 2.32. The van der Waals surface area contributed by atoms with Crippen molar-refractivity contribution in [1.29, 1.82) is 0 Å². The molecule has 0 aliphatic carbocycles. The minimum absolute atomic E-state index is 1.32. The van der Waals surface area contributed by atoms with Crippen molar-refractivity contribution < 1.29 is 28.1 Å². The van der Waals surface area contributed by atoms with E-state index in [2.05, 4.69) is 0 Å². The number of hydrogen-bond donors (Lipinski definition) is 1. The van der Waals surface area contributed by atoms with Gasteiger partial charge < -0.3 is 0 Å². The molecule has 0 rings (SSSR count). The molecular weight excluding hydrogens is 314 g/mol. The summed E-state index contributed by atoms with van der Waals surface area (Å²) in [6.07, 6.45) is -2.89. The van der Waals surface area contributed by atoms with Gasteiger partial charge in [0, 0.05) is 0 Å². The quantitative estimate of drug-likeness (QED) is 0.711. The average Bonchev–Trinajstić information content (AvgIpc) is 1.20. The van der Waals surface area contributed by atoms with Crippen LogP contribution in [0.5, 0.6) is 0 Å². The Hall–Kier alpha value is 0.239. The third-order valence-electron chi connectivity index (χ3n) is 0.948. The van der Waals surface area contributed by atoms with Gasteiger partial charge in [0.15, 0.2) is 0 Å². The molecule has 0 aromatic rings.